The van der Waals surface area contributed by atoms with Crippen molar-refractivity contribution in [2.45, 2.75) is 64.5 Å². The Morgan fingerprint density at radius 3 is 2.55 bits per heavy atom. The van der Waals surface area contributed by atoms with E-state index in [0.717, 1.165) is 24.6 Å². The second kappa shape index (κ2) is 7.24. The van der Waals surface area contributed by atoms with E-state index in [2.05, 4.69) is 44.0 Å². The monoisotopic (exact) mass is 275 g/mol. The Balaban J connectivity index is 1.86. The van der Waals surface area contributed by atoms with Crippen molar-refractivity contribution < 1.29 is 5.11 Å². The molecular weight excluding hydrogens is 246 g/mol. The van der Waals surface area contributed by atoms with Crippen LogP contribution in [-0.2, 0) is 0 Å². The number of nitrogens with zero attached hydrogens (tertiary/aromatic N) is 1. The van der Waals surface area contributed by atoms with Crippen LogP contribution in [0.3, 0.4) is 0 Å². The third kappa shape index (κ3) is 4.07. The predicted octanol–water partition coefficient (Wildman–Crippen LogP) is 3.99. The van der Waals surface area contributed by atoms with Gasteiger partial charge in [-0.25, -0.2) is 0 Å². The van der Waals surface area contributed by atoms with Crippen molar-refractivity contribution >= 4 is 0 Å². The number of aryl methyl sites for hydroxylation is 2. The Kier molecular flexibility index (Phi) is 5.62. The number of aliphatic hydroxyl groups excluding tert-OH is 1. The standard InChI is InChI=1S/C18H29NO/c1-14-9-10-17(15(2)13-14)18(20)11-12-19(3)16-7-5-4-6-8-16/h9-10,13,16,18,20H,4-8,11-12H2,1-3H3. The normalized spacial score (nSPS) is 18.4. The van der Waals surface area contributed by atoms with Gasteiger partial charge in [0, 0.05) is 12.6 Å². The van der Waals surface area contributed by atoms with Crippen LogP contribution in [0.1, 0.15) is 61.3 Å². The first-order valence-electron chi connectivity index (χ1n) is 8.03. The number of rotatable bonds is 5. The second-order valence-electron chi connectivity index (χ2n) is 6.44. The number of benzene rings is 1. The summed E-state index contributed by atoms with van der Waals surface area (Å²) in [6.45, 7) is 5.18. The van der Waals surface area contributed by atoms with Crippen molar-refractivity contribution in [3.8, 4) is 0 Å². The smallest absolute Gasteiger partial charge is 0.0804 e. The molecule has 1 aromatic carbocycles. The average molecular weight is 275 g/mol. The van der Waals surface area contributed by atoms with Crippen LogP contribution in [0.2, 0.25) is 0 Å². The Labute approximate surface area is 123 Å². The zero-order valence-electron chi connectivity index (χ0n) is 13.2. The minimum atomic E-state index is -0.332. The fourth-order valence-electron chi connectivity index (χ4n) is 3.39. The third-order valence-corrected chi connectivity index (χ3v) is 4.74. The lowest BCUT2D eigenvalue weighted by Crippen LogP contribution is -2.34. The van der Waals surface area contributed by atoms with Crippen molar-refractivity contribution in [2.24, 2.45) is 0 Å². The highest BCUT2D eigenvalue weighted by atomic mass is 16.3. The van der Waals surface area contributed by atoms with E-state index in [1.54, 1.807) is 0 Å². The molecule has 0 spiro atoms. The van der Waals surface area contributed by atoms with E-state index in [4.69, 9.17) is 0 Å². The summed E-state index contributed by atoms with van der Waals surface area (Å²) < 4.78 is 0. The van der Waals surface area contributed by atoms with Gasteiger partial charge < -0.3 is 10.0 Å². The topological polar surface area (TPSA) is 23.5 Å². The molecule has 0 heterocycles. The molecule has 1 atom stereocenters. The van der Waals surface area contributed by atoms with Crippen molar-refractivity contribution in [1.29, 1.82) is 0 Å². The molecule has 0 bridgehead atoms. The van der Waals surface area contributed by atoms with E-state index >= 15 is 0 Å². The molecule has 1 unspecified atom stereocenters. The minimum Gasteiger partial charge on any atom is -0.388 e. The van der Waals surface area contributed by atoms with Crippen LogP contribution in [-0.4, -0.2) is 29.6 Å². The summed E-state index contributed by atoms with van der Waals surface area (Å²) in [5.74, 6) is 0. The summed E-state index contributed by atoms with van der Waals surface area (Å²) in [5.41, 5.74) is 3.56. The van der Waals surface area contributed by atoms with E-state index in [1.165, 1.54) is 43.2 Å². The van der Waals surface area contributed by atoms with Gasteiger partial charge in [-0.15, -0.1) is 0 Å². The fourth-order valence-corrected chi connectivity index (χ4v) is 3.39. The molecule has 1 aromatic rings. The summed E-state index contributed by atoms with van der Waals surface area (Å²) in [7, 11) is 2.21. The average Bonchev–Trinajstić information content (AvgIpc) is 2.45. The summed E-state index contributed by atoms with van der Waals surface area (Å²) >= 11 is 0. The molecule has 1 N–H and O–H groups in total. The van der Waals surface area contributed by atoms with Gasteiger partial charge >= 0.3 is 0 Å². The molecule has 2 nitrogen and oxygen atoms in total. The van der Waals surface area contributed by atoms with Gasteiger partial charge in [0.15, 0.2) is 0 Å². The van der Waals surface area contributed by atoms with Crippen LogP contribution >= 0.6 is 0 Å². The molecule has 20 heavy (non-hydrogen) atoms. The predicted molar refractivity (Wildman–Crippen MR) is 85.0 cm³/mol. The van der Waals surface area contributed by atoms with E-state index < -0.39 is 0 Å². The molecule has 112 valence electrons. The molecule has 1 fully saturated rings. The number of hydrogen-bond donors (Lipinski definition) is 1. The molecule has 1 saturated carbocycles. The lowest BCUT2D eigenvalue weighted by Gasteiger charge is -2.31. The molecule has 0 aromatic heterocycles. The molecule has 0 radical (unpaired) electrons. The molecule has 0 amide bonds. The Morgan fingerprint density at radius 1 is 1.20 bits per heavy atom. The minimum absolute atomic E-state index is 0.332. The Morgan fingerprint density at radius 2 is 1.90 bits per heavy atom. The van der Waals surface area contributed by atoms with Crippen molar-refractivity contribution in [1.82, 2.24) is 4.90 Å². The van der Waals surface area contributed by atoms with Gasteiger partial charge in [0.25, 0.3) is 0 Å². The first kappa shape index (κ1) is 15.5. The molecule has 0 aliphatic heterocycles. The first-order valence-corrected chi connectivity index (χ1v) is 8.03. The van der Waals surface area contributed by atoms with E-state index in [9.17, 15) is 5.11 Å². The van der Waals surface area contributed by atoms with Gasteiger partial charge in [0.2, 0.25) is 0 Å². The van der Waals surface area contributed by atoms with Crippen LogP contribution in [0.4, 0.5) is 0 Å². The van der Waals surface area contributed by atoms with Gasteiger partial charge in [0.05, 0.1) is 6.10 Å². The number of aliphatic hydroxyl groups is 1. The summed E-state index contributed by atoms with van der Waals surface area (Å²) in [6.07, 6.45) is 7.30. The van der Waals surface area contributed by atoms with Crippen molar-refractivity contribution in [3.63, 3.8) is 0 Å². The quantitative estimate of drug-likeness (QED) is 0.878. The molecule has 0 saturated heterocycles. The Hall–Kier alpha value is -0.860. The lowest BCUT2D eigenvalue weighted by atomic mass is 9.94. The highest BCUT2D eigenvalue weighted by Crippen LogP contribution is 2.25. The largest absolute Gasteiger partial charge is 0.388 e. The van der Waals surface area contributed by atoms with Gasteiger partial charge in [-0.3, -0.25) is 0 Å². The highest BCUT2D eigenvalue weighted by Gasteiger charge is 2.19. The number of hydrogen-bond acceptors (Lipinski definition) is 2. The maximum Gasteiger partial charge on any atom is 0.0804 e. The molecule has 1 aliphatic rings. The van der Waals surface area contributed by atoms with Crippen LogP contribution in [0, 0.1) is 13.8 Å². The zero-order chi connectivity index (χ0) is 14.5. The first-order chi connectivity index (χ1) is 9.58. The molecule has 2 heteroatoms. The van der Waals surface area contributed by atoms with E-state index in [0.29, 0.717) is 0 Å². The van der Waals surface area contributed by atoms with Gasteiger partial charge in [-0.05, 0) is 51.3 Å². The molecular formula is C18H29NO. The lowest BCUT2D eigenvalue weighted by molar-refractivity contribution is 0.125. The third-order valence-electron chi connectivity index (χ3n) is 4.74. The summed E-state index contributed by atoms with van der Waals surface area (Å²) in [5, 5.41) is 10.4. The SMILES string of the molecule is Cc1ccc(C(O)CCN(C)C2CCCCC2)c(C)c1. The summed E-state index contributed by atoms with van der Waals surface area (Å²) in [6, 6.07) is 7.06. The van der Waals surface area contributed by atoms with Crippen LogP contribution in [0.25, 0.3) is 0 Å². The Bertz CT molecular complexity index is 423. The van der Waals surface area contributed by atoms with E-state index in [-0.39, 0.29) is 6.10 Å². The van der Waals surface area contributed by atoms with Gasteiger partial charge in [-0.1, -0.05) is 43.0 Å². The second-order valence-corrected chi connectivity index (χ2v) is 6.44. The molecule has 2 rings (SSSR count). The molecule has 1 aliphatic carbocycles. The van der Waals surface area contributed by atoms with Crippen LogP contribution in [0.15, 0.2) is 18.2 Å². The summed E-state index contributed by atoms with van der Waals surface area (Å²) in [4.78, 5) is 2.45. The van der Waals surface area contributed by atoms with Crippen molar-refractivity contribution in [3.05, 3.63) is 34.9 Å². The van der Waals surface area contributed by atoms with Crippen molar-refractivity contribution in [2.75, 3.05) is 13.6 Å². The van der Waals surface area contributed by atoms with Gasteiger partial charge in [0.1, 0.15) is 0 Å². The van der Waals surface area contributed by atoms with Crippen LogP contribution < -0.4 is 0 Å². The highest BCUT2D eigenvalue weighted by molar-refractivity contribution is 5.31. The van der Waals surface area contributed by atoms with Gasteiger partial charge in [-0.2, -0.15) is 0 Å². The fraction of sp³-hybridized carbons (Fsp3) is 0.667. The maximum atomic E-state index is 10.4. The van der Waals surface area contributed by atoms with Crippen LogP contribution in [0.5, 0.6) is 0 Å². The maximum absolute atomic E-state index is 10.4. The zero-order valence-corrected chi connectivity index (χ0v) is 13.2. The van der Waals surface area contributed by atoms with E-state index in [1.807, 2.05) is 0 Å².